The van der Waals surface area contributed by atoms with Gasteiger partial charge in [0.15, 0.2) is 0 Å². The van der Waals surface area contributed by atoms with Crippen molar-refractivity contribution in [3.8, 4) is 0 Å². The normalized spacial score (nSPS) is 12.7. The molecule has 0 bridgehead atoms. The van der Waals surface area contributed by atoms with E-state index in [9.17, 15) is 5.11 Å². The van der Waals surface area contributed by atoms with Crippen LogP contribution in [0.4, 0.5) is 11.4 Å². The van der Waals surface area contributed by atoms with Crippen LogP contribution in [0.2, 0.25) is 0 Å². The third-order valence-corrected chi connectivity index (χ3v) is 3.73. The van der Waals surface area contributed by atoms with E-state index in [0.717, 1.165) is 22.2 Å². The summed E-state index contributed by atoms with van der Waals surface area (Å²) in [6.45, 7) is 0.417. The number of aliphatic hydroxyl groups excluding tert-OH is 1. The number of aromatic amines is 1. The average molecular weight is 274 g/mol. The Morgan fingerprint density at radius 3 is 3.16 bits per heavy atom. The zero-order valence-electron chi connectivity index (χ0n) is 10.1. The fourth-order valence-electron chi connectivity index (χ4n) is 1.95. The predicted octanol–water partition coefficient (Wildman–Crippen LogP) is 2.35. The third kappa shape index (κ3) is 2.40. The first kappa shape index (κ1) is 12.0. The molecule has 3 aromatic rings. The molecule has 1 atom stereocenters. The summed E-state index contributed by atoms with van der Waals surface area (Å²) in [6.07, 6.45) is 1.19. The zero-order valence-corrected chi connectivity index (χ0v) is 10.9. The molecule has 0 amide bonds. The lowest BCUT2D eigenvalue weighted by atomic mass is 10.1. The van der Waals surface area contributed by atoms with E-state index in [2.05, 4.69) is 15.5 Å². The summed E-state index contributed by atoms with van der Waals surface area (Å²) in [7, 11) is 0. The van der Waals surface area contributed by atoms with Gasteiger partial charge in [0.2, 0.25) is 0 Å². The number of rotatable bonds is 4. The molecule has 0 spiro atoms. The summed E-state index contributed by atoms with van der Waals surface area (Å²) in [5.74, 6) is 0. The number of aromatic nitrogens is 2. The Balaban J connectivity index is 1.76. The average Bonchev–Trinajstić information content (AvgIpc) is 3.06. The number of nitrogens with one attached hydrogen (secondary N) is 2. The van der Waals surface area contributed by atoms with E-state index >= 15 is 0 Å². The van der Waals surface area contributed by atoms with Crippen LogP contribution in [0.25, 0.3) is 10.9 Å². The van der Waals surface area contributed by atoms with Crippen molar-refractivity contribution in [2.75, 3.05) is 17.6 Å². The van der Waals surface area contributed by atoms with Crippen molar-refractivity contribution in [3.63, 3.8) is 0 Å². The third-order valence-electron chi connectivity index (χ3n) is 3.02. The molecule has 5 nitrogen and oxygen atoms in total. The second-order valence-electron chi connectivity index (χ2n) is 4.35. The quantitative estimate of drug-likeness (QED) is 0.550. The van der Waals surface area contributed by atoms with Crippen molar-refractivity contribution in [3.05, 3.63) is 40.7 Å². The fourth-order valence-corrected chi connectivity index (χ4v) is 2.66. The molecule has 0 saturated carbocycles. The minimum absolute atomic E-state index is 0.417. The molecule has 0 aliphatic heterocycles. The molecular weight excluding hydrogens is 260 g/mol. The molecule has 1 unspecified atom stereocenters. The Morgan fingerprint density at radius 1 is 1.47 bits per heavy atom. The molecule has 0 saturated heterocycles. The first-order valence-electron chi connectivity index (χ1n) is 5.90. The van der Waals surface area contributed by atoms with Crippen molar-refractivity contribution >= 4 is 33.6 Å². The topological polar surface area (TPSA) is 87.0 Å². The van der Waals surface area contributed by atoms with Gasteiger partial charge in [0.1, 0.15) is 0 Å². The first-order valence-corrected chi connectivity index (χ1v) is 6.85. The van der Waals surface area contributed by atoms with Crippen LogP contribution in [0.1, 0.15) is 11.7 Å². The maximum absolute atomic E-state index is 10.0. The van der Waals surface area contributed by atoms with Crippen LogP contribution in [0.3, 0.4) is 0 Å². The second-order valence-corrected chi connectivity index (χ2v) is 5.13. The van der Waals surface area contributed by atoms with Gasteiger partial charge in [0.25, 0.3) is 0 Å². The van der Waals surface area contributed by atoms with Crippen LogP contribution in [-0.2, 0) is 0 Å². The minimum Gasteiger partial charge on any atom is -0.397 e. The van der Waals surface area contributed by atoms with E-state index in [1.165, 1.54) is 0 Å². The first-order chi connectivity index (χ1) is 9.24. The van der Waals surface area contributed by atoms with Crippen LogP contribution in [-0.4, -0.2) is 21.8 Å². The van der Waals surface area contributed by atoms with E-state index < -0.39 is 6.10 Å². The minimum atomic E-state index is -0.539. The predicted molar refractivity (Wildman–Crippen MR) is 78.3 cm³/mol. The van der Waals surface area contributed by atoms with Crippen LogP contribution >= 0.6 is 11.3 Å². The summed E-state index contributed by atoms with van der Waals surface area (Å²) in [5.41, 5.74) is 9.24. The molecule has 2 aromatic heterocycles. The van der Waals surface area contributed by atoms with Crippen molar-refractivity contribution in [2.24, 2.45) is 0 Å². The standard InChI is InChI=1S/C13H14N4OS/c14-10-3-9-5-16-17-11(9)4-12(10)15-6-13(18)8-1-2-19-7-8/h1-5,7,13,15,18H,6,14H2,(H,16,17). The van der Waals surface area contributed by atoms with Crippen LogP contribution in [0.15, 0.2) is 35.2 Å². The number of hydrogen-bond donors (Lipinski definition) is 4. The zero-order chi connectivity index (χ0) is 13.2. The van der Waals surface area contributed by atoms with Gasteiger partial charge in [-0.2, -0.15) is 16.4 Å². The number of hydrogen-bond acceptors (Lipinski definition) is 5. The van der Waals surface area contributed by atoms with Crippen molar-refractivity contribution in [1.82, 2.24) is 10.2 Å². The summed E-state index contributed by atoms with van der Waals surface area (Å²) >= 11 is 1.57. The number of fused-ring (bicyclic) bond motifs is 1. The Kier molecular flexibility index (Phi) is 3.10. The molecule has 98 valence electrons. The summed E-state index contributed by atoms with van der Waals surface area (Å²) < 4.78 is 0. The number of nitrogens with zero attached hydrogens (tertiary/aromatic N) is 1. The lowest BCUT2D eigenvalue weighted by Gasteiger charge is -2.13. The molecule has 1 aromatic carbocycles. The smallest absolute Gasteiger partial charge is 0.0970 e. The van der Waals surface area contributed by atoms with Crippen LogP contribution < -0.4 is 11.1 Å². The number of anilines is 2. The van der Waals surface area contributed by atoms with Crippen LogP contribution in [0, 0.1) is 0 Å². The highest BCUT2D eigenvalue weighted by Crippen LogP contribution is 2.25. The molecule has 19 heavy (non-hydrogen) atoms. The number of nitrogen functional groups attached to an aromatic ring is 1. The number of aliphatic hydroxyl groups is 1. The molecule has 0 radical (unpaired) electrons. The van der Waals surface area contributed by atoms with Gasteiger partial charge in [-0.15, -0.1) is 0 Å². The van der Waals surface area contributed by atoms with E-state index in [1.54, 1.807) is 17.5 Å². The van der Waals surface area contributed by atoms with Crippen molar-refractivity contribution < 1.29 is 5.11 Å². The Bertz CT molecular complexity index is 677. The van der Waals surface area contributed by atoms with Crippen LogP contribution in [0.5, 0.6) is 0 Å². The van der Waals surface area contributed by atoms with E-state index in [0.29, 0.717) is 12.2 Å². The van der Waals surface area contributed by atoms with E-state index in [-0.39, 0.29) is 0 Å². The van der Waals surface area contributed by atoms with Gasteiger partial charge in [-0.3, -0.25) is 5.10 Å². The van der Waals surface area contributed by atoms with Gasteiger partial charge in [0.05, 0.1) is 29.2 Å². The summed E-state index contributed by atoms with van der Waals surface area (Å²) in [5, 5.41) is 24.9. The Hall–Kier alpha value is -2.05. The van der Waals surface area contributed by atoms with Gasteiger partial charge in [-0.05, 0) is 34.5 Å². The largest absolute Gasteiger partial charge is 0.397 e. The lowest BCUT2D eigenvalue weighted by molar-refractivity contribution is 0.192. The number of H-pyrrole nitrogens is 1. The molecular formula is C13H14N4OS. The molecule has 5 N–H and O–H groups in total. The molecule has 0 fully saturated rings. The highest BCUT2D eigenvalue weighted by atomic mass is 32.1. The number of benzene rings is 1. The highest BCUT2D eigenvalue weighted by Gasteiger charge is 2.09. The summed E-state index contributed by atoms with van der Waals surface area (Å²) in [4.78, 5) is 0. The number of nitrogens with two attached hydrogens (primary N) is 1. The molecule has 2 heterocycles. The van der Waals surface area contributed by atoms with Gasteiger partial charge >= 0.3 is 0 Å². The van der Waals surface area contributed by atoms with E-state index in [1.807, 2.05) is 29.0 Å². The van der Waals surface area contributed by atoms with Gasteiger partial charge in [-0.1, -0.05) is 0 Å². The summed E-state index contributed by atoms with van der Waals surface area (Å²) in [6, 6.07) is 5.68. The van der Waals surface area contributed by atoms with Gasteiger partial charge in [0, 0.05) is 11.9 Å². The van der Waals surface area contributed by atoms with Gasteiger partial charge in [-0.25, -0.2) is 0 Å². The SMILES string of the molecule is Nc1cc2cn[nH]c2cc1NCC(O)c1ccsc1. The van der Waals surface area contributed by atoms with E-state index in [4.69, 9.17) is 5.73 Å². The molecule has 6 heteroatoms. The maximum atomic E-state index is 10.0. The fraction of sp³-hybridized carbons (Fsp3) is 0.154. The molecule has 0 aliphatic rings. The highest BCUT2D eigenvalue weighted by molar-refractivity contribution is 7.07. The maximum Gasteiger partial charge on any atom is 0.0970 e. The monoisotopic (exact) mass is 274 g/mol. The van der Waals surface area contributed by atoms with Crippen molar-refractivity contribution in [2.45, 2.75) is 6.10 Å². The second kappa shape index (κ2) is 4.91. The Labute approximate surface area is 114 Å². The molecule has 0 aliphatic carbocycles. The van der Waals surface area contributed by atoms with Gasteiger partial charge < -0.3 is 16.2 Å². The molecule has 3 rings (SSSR count). The Morgan fingerprint density at radius 2 is 2.37 bits per heavy atom. The van der Waals surface area contributed by atoms with Crippen molar-refractivity contribution in [1.29, 1.82) is 0 Å². The lowest BCUT2D eigenvalue weighted by Crippen LogP contribution is -2.12. The number of thiophene rings is 1.